The minimum atomic E-state index is -0.830. The summed E-state index contributed by atoms with van der Waals surface area (Å²) in [6.45, 7) is 0. The lowest BCUT2D eigenvalue weighted by Crippen LogP contribution is -2.18. The van der Waals surface area contributed by atoms with Crippen molar-refractivity contribution < 1.29 is 28.5 Å². The second kappa shape index (κ2) is 12.0. The number of nitro groups is 1. The summed E-state index contributed by atoms with van der Waals surface area (Å²) in [7, 11) is 0. The van der Waals surface area contributed by atoms with Gasteiger partial charge in [-0.2, -0.15) is 5.10 Å². The number of hydrogen-bond acceptors (Lipinski definition) is 8. The summed E-state index contributed by atoms with van der Waals surface area (Å²) < 4.78 is 10.4. The summed E-state index contributed by atoms with van der Waals surface area (Å²) in [5.41, 5.74) is 2.71. The van der Waals surface area contributed by atoms with Crippen LogP contribution in [0.3, 0.4) is 0 Å². The summed E-state index contributed by atoms with van der Waals surface area (Å²) in [5, 5.41) is 18.1. The molecule has 3 aromatic carbocycles. The number of hydrazone groups is 1. The third kappa shape index (κ3) is 6.86. The maximum atomic E-state index is 12.6. The minimum Gasteiger partial charge on any atom is -0.459 e. The number of esters is 1. The second-order valence-electron chi connectivity index (χ2n) is 7.70. The molecule has 0 spiro atoms. The molecular formula is C26H16Cl2N4O7. The molecule has 1 heterocycles. The van der Waals surface area contributed by atoms with Crippen LogP contribution in [0.2, 0.25) is 10.0 Å². The first-order chi connectivity index (χ1) is 18.7. The number of nitrogens with zero attached hydrogens (tertiary/aromatic N) is 2. The van der Waals surface area contributed by atoms with Crippen molar-refractivity contribution in [2.75, 3.05) is 5.32 Å². The molecule has 0 atom stereocenters. The van der Waals surface area contributed by atoms with Crippen molar-refractivity contribution >= 4 is 58.6 Å². The molecule has 196 valence electrons. The number of anilines is 1. The van der Waals surface area contributed by atoms with Crippen LogP contribution in [0.15, 0.2) is 88.6 Å². The second-order valence-corrected chi connectivity index (χ2v) is 8.54. The van der Waals surface area contributed by atoms with Gasteiger partial charge in [0.2, 0.25) is 0 Å². The van der Waals surface area contributed by atoms with E-state index in [1.807, 2.05) is 0 Å². The van der Waals surface area contributed by atoms with Gasteiger partial charge in [-0.1, -0.05) is 23.2 Å². The molecule has 2 amide bonds. The van der Waals surface area contributed by atoms with Crippen LogP contribution in [0, 0.1) is 10.1 Å². The van der Waals surface area contributed by atoms with Crippen molar-refractivity contribution in [3.8, 4) is 5.75 Å². The minimum absolute atomic E-state index is 0.0272. The highest BCUT2D eigenvalue weighted by atomic mass is 35.5. The Morgan fingerprint density at radius 1 is 0.974 bits per heavy atom. The molecule has 0 unspecified atom stereocenters. The Kier molecular flexibility index (Phi) is 8.34. The van der Waals surface area contributed by atoms with Crippen LogP contribution in [0.4, 0.5) is 11.4 Å². The highest BCUT2D eigenvalue weighted by Gasteiger charge is 2.17. The predicted octanol–water partition coefficient (Wildman–Crippen LogP) is 5.73. The van der Waals surface area contributed by atoms with E-state index in [-0.39, 0.29) is 38.9 Å². The molecule has 1 aromatic heterocycles. The van der Waals surface area contributed by atoms with Crippen LogP contribution in [0.25, 0.3) is 0 Å². The topological polar surface area (TPSA) is 153 Å². The van der Waals surface area contributed by atoms with E-state index in [9.17, 15) is 24.5 Å². The average molecular weight is 567 g/mol. The van der Waals surface area contributed by atoms with Crippen LogP contribution in [0.1, 0.15) is 36.8 Å². The van der Waals surface area contributed by atoms with Gasteiger partial charge in [0.05, 0.1) is 28.0 Å². The lowest BCUT2D eigenvalue weighted by atomic mass is 10.2. The number of benzene rings is 3. The lowest BCUT2D eigenvalue weighted by molar-refractivity contribution is -0.384. The van der Waals surface area contributed by atoms with Gasteiger partial charge in [-0.3, -0.25) is 19.7 Å². The molecule has 0 saturated heterocycles. The van der Waals surface area contributed by atoms with E-state index in [4.69, 9.17) is 32.4 Å². The number of halogens is 2. The molecule has 0 radical (unpaired) electrons. The summed E-state index contributed by atoms with van der Waals surface area (Å²) in [6.07, 6.45) is 2.47. The Morgan fingerprint density at radius 2 is 1.74 bits per heavy atom. The monoisotopic (exact) mass is 566 g/mol. The molecule has 13 heteroatoms. The molecule has 4 rings (SSSR count). The van der Waals surface area contributed by atoms with Gasteiger partial charge in [-0.25, -0.2) is 10.2 Å². The molecule has 11 nitrogen and oxygen atoms in total. The summed E-state index contributed by atoms with van der Waals surface area (Å²) in [4.78, 5) is 47.8. The number of ether oxygens (including phenoxy) is 1. The van der Waals surface area contributed by atoms with Crippen LogP contribution in [0.5, 0.6) is 5.75 Å². The maximum Gasteiger partial charge on any atom is 0.345 e. The van der Waals surface area contributed by atoms with Gasteiger partial charge < -0.3 is 14.5 Å². The van der Waals surface area contributed by atoms with Crippen LogP contribution < -0.4 is 15.5 Å². The number of furan rings is 1. The number of carbonyl (C=O) groups is 3. The number of rotatable bonds is 8. The normalized spacial score (nSPS) is 10.7. The Bertz CT molecular complexity index is 1590. The molecule has 2 N–H and O–H groups in total. The van der Waals surface area contributed by atoms with Gasteiger partial charge in [0.25, 0.3) is 17.5 Å². The zero-order valence-corrected chi connectivity index (χ0v) is 21.1. The molecule has 0 aliphatic rings. The molecule has 0 fully saturated rings. The lowest BCUT2D eigenvalue weighted by Gasteiger charge is -2.09. The summed E-state index contributed by atoms with van der Waals surface area (Å²) >= 11 is 11.9. The first kappa shape index (κ1) is 27.0. The maximum absolute atomic E-state index is 12.6. The standard InChI is InChI=1S/C26H16Cl2N4O7/c27-17-5-9-20(21(28)13-17)26(35)39-22-10-8-19(32(36)37)12-16(22)14-29-31-24(33)15-3-6-18(7-4-15)30-25(34)23-2-1-11-38-23/h1-14H,(H,30,34)(H,31,33)/b29-14+. The third-order valence-corrected chi connectivity index (χ3v) is 5.63. The summed E-state index contributed by atoms with van der Waals surface area (Å²) in [6, 6.07) is 16.7. The van der Waals surface area contributed by atoms with Crippen molar-refractivity contribution in [1.29, 1.82) is 0 Å². The fourth-order valence-corrected chi connectivity index (χ4v) is 3.67. The first-order valence-electron chi connectivity index (χ1n) is 11.0. The predicted molar refractivity (Wildman–Crippen MR) is 143 cm³/mol. The van der Waals surface area contributed by atoms with Gasteiger partial charge in [-0.15, -0.1) is 0 Å². The van der Waals surface area contributed by atoms with E-state index in [2.05, 4.69) is 15.8 Å². The van der Waals surface area contributed by atoms with Crippen molar-refractivity contribution in [3.63, 3.8) is 0 Å². The fourth-order valence-electron chi connectivity index (χ4n) is 3.18. The quantitative estimate of drug-likeness (QED) is 0.0907. The number of carbonyl (C=O) groups excluding carboxylic acids is 3. The van der Waals surface area contributed by atoms with Gasteiger partial charge in [-0.05, 0) is 60.7 Å². The van der Waals surface area contributed by atoms with Crippen LogP contribution >= 0.6 is 23.2 Å². The Morgan fingerprint density at radius 3 is 2.41 bits per heavy atom. The zero-order valence-electron chi connectivity index (χ0n) is 19.6. The van der Waals surface area contributed by atoms with Crippen molar-refractivity contribution in [2.24, 2.45) is 5.10 Å². The number of nitro benzene ring substituents is 1. The van der Waals surface area contributed by atoms with E-state index >= 15 is 0 Å². The fraction of sp³-hybridized carbons (Fsp3) is 0. The van der Waals surface area contributed by atoms with E-state index in [0.717, 1.165) is 18.3 Å². The molecule has 0 saturated carbocycles. The van der Waals surface area contributed by atoms with Crippen molar-refractivity contribution in [1.82, 2.24) is 5.43 Å². The van der Waals surface area contributed by atoms with E-state index < -0.39 is 22.7 Å². The van der Waals surface area contributed by atoms with Gasteiger partial charge in [0.15, 0.2) is 5.76 Å². The molecule has 39 heavy (non-hydrogen) atoms. The molecular weight excluding hydrogens is 551 g/mol. The smallest absolute Gasteiger partial charge is 0.345 e. The number of amides is 2. The Balaban J connectivity index is 1.45. The van der Waals surface area contributed by atoms with E-state index in [1.165, 1.54) is 60.9 Å². The third-order valence-electron chi connectivity index (χ3n) is 5.08. The van der Waals surface area contributed by atoms with Crippen LogP contribution in [-0.2, 0) is 0 Å². The molecule has 4 aromatic rings. The Hall–Kier alpha value is -5.00. The number of nitrogens with one attached hydrogen (secondary N) is 2. The number of hydrogen-bond donors (Lipinski definition) is 2. The van der Waals surface area contributed by atoms with Crippen LogP contribution in [-0.4, -0.2) is 28.9 Å². The number of non-ortho nitro benzene ring substituents is 1. The highest BCUT2D eigenvalue weighted by molar-refractivity contribution is 6.36. The largest absolute Gasteiger partial charge is 0.459 e. The van der Waals surface area contributed by atoms with Crippen molar-refractivity contribution in [3.05, 3.63) is 122 Å². The van der Waals surface area contributed by atoms with Gasteiger partial charge in [0.1, 0.15) is 5.75 Å². The molecule has 0 bridgehead atoms. The average Bonchev–Trinajstić information content (AvgIpc) is 3.45. The van der Waals surface area contributed by atoms with Gasteiger partial charge >= 0.3 is 5.97 Å². The van der Waals surface area contributed by atoms with Crippen molar-refractivity contribution in [2.45, 2.75) is 0 Å². The molecule has 0 aliphatic heterocycles. The SMILES string of the molecule is O=C(N/N=C/c1cc([N+](=O)[O-])ccc1OC(=O)c1ccc(Cl)cc1Cl)c1ccc(NC(=O)c2ccco2)cc1. The zero-order chi connectivity index (χ0) is 27.9. The molecule has 0 aliphatic carbocycles. The van der Waals surface area contributed by atoms with Gasteiger partial charge in [0, 0.05) is 34.0 Å². The Labute approximate surface area is 230 Å². The first-order valence-corrected chi connectivity index (χ1v) is 11.7. The van der Waals surface area contributed by atoms with E-state index in [0.29, 0.717) is 10.7 Å². The van der Waals surface area contributed by atoms with E-state index in [1.54, 1.807) is 6.07 Å². The summed E-state index contributed by atoms with van der Waals surface area (Å²) in [5.74, 6) is -1.82. The highest BCUT2D eigenvalue weighted by Crippen LogP contribution is 2.26.